The van der Waals surface area contributed by atoms with Crippen LogP contribution < -0.4 is 10.5 Å². The van der Waals surface area contributed by atoms with E-state index < -0.39 is 0 Å². The third-order valence-corrected chi connectivity index (χ3v) is 5.51. The van der Waals surface area contributed by atoms with Crippen molar-refractivity contribution in [3.8, 4) is 5.75 Å². The van der Waals surface area contributed by atoms with Gasteiger partial charge in [0, 0.05) is 25.0 Å². The maximum atomic E-state index is 6.59. The van der Waals surface area contributed by atoms with Gasteiger partial charge in [-0.15, -0.1) is 0 Å². The second kappa shape index (κ2) is 6.96. The van der Waals surface area contributed by atoms with Crippen LogP contribution in [-0.4, -0.2) is 30.6 Å². The molecule has 2 heterocycles. The molecule has 0 amide bonds. The van der Waals surface area contributed by atoms with Crippen LogP contribution in [0, 0.1) is 0 Å². The molecule has 0 spiro atoms. The Balaban J connectivity index is 1.37. The summed E-state index contributed by atoms with van der Waals surface area (Å²) in [5.41, 5.74) is 10.9. The van der Waals surface area contributed by atoms with Gasteiger partial charge in [-0.3, -0.25) is 4.90 Å². The van der Waals surface area contributed by atoms with Gasteiger partial charge in [0.1, 0.15) is 5.75 Å². The lowest BCUT2D eigenvalue weighted by atomic mass is 9.85. The van der Waals surface area contributed by atoms with Crippen molar-refractivity contribution in [2.45, 2.75) is 37.8 Å². The molecule has 0 saturated heterocycles. The molecule has 4 rings (SSSR count). The number of nitrogens with two attached hydrogens (primary N) is 1. The van der Waals surface area contributed by atoms with Gasteiger partial charge in [-0.05, 0) is 48.6 Å². The molecule has 0 bridgehead atoms. The van der Waals surface area contributed by atoms with Crippen molar-refractivity contribution >= 4 is 0 Å². The summed E-state index contributed by atoms with van der Waals surface area (Å²) in [6.45, 7) is 4.07. The highest BCUT2D eigenvalue weighted by molar-refractivity contribution is 5.38. The molecule has 0 radical (unpaired) electrons. The number of hydrogen-bond acceptors (Lipinski definition) is 3. The number of ether oxygens (including phenoxy) is 1. The van der Waals surface area contributed by atoms with Crippen LogP contribution in [0.4, 0.5) is 0 Å². The van der Waals surface area contributed by atoms with E-state index >= 15 is 0 Å². The molecule has 2 N–H and O–H groups in total. The Morgan fingerprint density at radius 1 is 1.08 bits per heavy atom. The van der Waals surface area contributed by atoms with Crippen molar-refractivity contribution in [2.24, 2.45) is 5.73 Å². The summed E-state index contributed by atoms with van der Waals surface area (Å²) in [6, 6.07) is 17.4. The number of hydrogen-bond donors (Lipinski definition) is 1. The lowest BCUT2D eigenvalue weighted by Gasteiger charge is -2.33. The van der Waals surface area contributed by atoms with Gasteiger partial charge in [0.25, 0.3) is 0 Å². The highest BCUT2D eigenvalue weighted by atomic mass is 16.5. The van der Waals surface area contributed by atoms with Gasteiger partial charge in [0.2, 0.25) is 0 Å². The molecule has 3 heteroatoms. The highest BCUT2D eigenvalue weighted by Crippen LogP contribution is 2.35. The molecule has 2 atom stereocenters. The maximum absolute atomic E-state index is 6.59. The van der Waals surface area contributed by atoms with Crippen molar-refractivity contribution in [1.82, 2.24) is 4.90 Å². The maximum Gasteiger partial charge on any atom is 0.122 e. The minimum absolute atomic E-state index is 0.201. The Hall–Kier alpha value is -1.84. The molecule has 126 valence electrons. The molecule has 2 aromatic rings. The quantitative estimate of drug-likeness (QED) is 0.938. The van der Waals surface area contributed by atoms with Crippen LogP contribution in [0.1, 0.15) is 35.4 Å². The topological polar surface area (TPSA) is 38.5 Å². The molecule has 2 aliphatic heterocycles. The fourth-order valence-electron chi connectivity index (χ4n) is 4.09. The molecule has 3 nitrogen and oxygen atoms in total. The van der Waals surface area contributed by atoms with Gasteiger partial charge < -0.3 is 10.5 Å². The molecule has 0 fully saturated rings. The van der Waals surface area contributed by atoms with E-state index in [0.717, 1.165) is 51.3 Å². The van der Waals surface area contributed by atoms with Crippen molar-refractivity contribution < 1.29 is 4.74 Å². The summed E-state index contributed by atoms with van der Waals surface area (Å²) in [6.07, 6.45) is 3.23. The van der Waals surface area contributed by atoms with Gasteiger partial charge in [-0.1, -0.05) is 42.5 Å². The van der Waals surface area contributed by atoms with Crippen LogP contribution in [0.2, 0.25) is 0 Å². The predicted molar refractivity (Wildman–Crippen MR) is 97.3 cm³/mol. The van der Waals surface area contributed by atoms with E-state index in [1.165, 1.54) is 16.7 Å². The number of fused-ring (bicyclic) bond motifs is 2. The number of nitrogens with zero attached hydrogens (tertiary/aromatic N) is 1. The fourth-order valence-corrected chi connectivity index (χ4v) is 4.09. The standard InChI is InChI=1S/C21H26N2O/c22-20(18-11-14-24-21-8-4-3-7-19(18)21)10-13-23-12-9-16-5-1-2-6-17(16)15-23/h1-8,18,20H,9-15,22H2/t18-,20?/m0/s1. The van der Waals surface area contributed by atoms with Gasteiger partial charge in [-0.25, -0.2) is 0 Å². The lowest BCUT2D eigenvalue weighted by Crippen LogP contribution is -2.38. The van der Waals surface area contributed by atoms with Crippen molar-refractivity contribution in [3.63, 3.8) is 0 Å². The summed E-state index contributed by atoms with van der Waals surface area (Å²) in [4.78, 5) is 2.55. The zero-order valence-electron chi connectivity index (χ0n) is 14.2. The van der Waals surface area contributed by atoms with E-state index in [2.05, 4.69) is 47.4 Å². The molecular weight excluding hydrogens is 296 g/mol. The van der Waals surface area contributed by atoms with E-state index in [1.807, 2.05) is 6.07 Å². The number of para-hydroxylation sites is 1. The largest absolute Gasteiger partial charge is 0.493 e. The lowest BCUT2D eigenvalue weighted by molar-refractivity contribution is 0.221. The van der Waals surface area contributed by atoms with Gasteiger partial charge in [0.05, 0.1) is 6.61 Å². The second-order valence-corrected chi connectivity index (χ2v) is 7.03. The Morgan fingerprint density at radius 2 is 1.88 bits per heavy atom. The SMILES string of the molecule is NC(CCN1CCc2ccccc2C1)[C@H]1CCOc2ccccc21. The van der Waals surface area contributed by atoms with Crippen LogP contribution in [0.3, 0.4) is 0 Å². The van der Waals surface area contributed by atoms with E-state index in [9.17, 15) is 0 Å². The van der Waals surface area contributed by atoms with E-state index in [1.54, 1.807) is 0 Å². The van der Waals surface area contributed by atoms with Gasteiger partial charge in [-0.2, -0.15) is 0 Å². The van der Waals surface area contributed by atoms with Crippen LogP contribution in [0.5, 0.6) is 5.75 Å². The molecule has 1 unspecified atom stereocenters. The molecule has 24 heavy (non-hydrogen) atoms. The average Bonchev–Trinajstić information content (AvgIpc) is 2.65. The highest BCUT2D eigenvalue weighted by Gasteiger charge is 2.27. The smallest absolute Gasteiger partial charge is 0.122 e. The van der Waals surface area contributed by atoms with E-state index in [-0.39, 0.29) is 6.04 Å². The Bertz CT molecular complexity index is 700. The van der Waals surface area contributed by atoms with Crippen LogP contribution >= 0.6 is 0 Å². The normalized spacial score (nSPS) is 21.5. The fraction of sp³-hybridized carbons (Fsp3) is 0.429. The second-order valence-electron chi connectivity index (χ2n) is 7.03. The van der Waals surface area contributed by atoms with E-state index in [0.29, 0.717) is 5.92 Å². The molecule has 0 aliphatic carbocycles. The molecule has 0 saturated carbocycles. The van der Waals surface area contributed by atoms with Gasteiger partial charge in [0.15, 0.2) is 0 Å². The first-order valence-corrected chi connectivity index (χ1v) is 9.08. The summed E-state index contributed by atoms with van der Waals surface area (Å²) in [5, 5.41) is 0. The molecule has 2 aliphatic rings. The average molecular weight is 322 g/mol. The Labute approximate surface area is 144 Å². The zero-order valence-corrected chi connectivity index (χ0v) is 14.2. The summed E-state index contributed by atoms with van der Waals surface area (Å²) in [5.74, 6) is 1.45. The number of rotatable bonds is 4. The predicted octanol–water partition coefficient (Wildman–Crippen LogP) is 3.33. The molecule has 2 aromatic carbocycles. The minimum atomic E-state index is 0.201. The molecule has 0 aromatic heterocycles. The first-order chi connectivity index (χ1) is 11.8. The summed E-state index contributed by atoms with van der Waals surface area (Å²) in [7, 11) is 0. The zero-order chi connectivity index (χ0) is 16.4. The third kappa shape index (κ3) is 3.19. The first-order valence-electron chi connectivity index (χ1n) is 9.08. The molecular formula is C21H26N2O. The van der Waals surface area contributed by atoms with E-state index in [4.69, 9.17) is 10.5 Å². The van der Waals surface area contributed by atoms with Crippen molar-refractivity contribution in [1.29, 1.82) is 0 Å². The van der Waals surface area contributed by atoms with Crippen molar-refractivity contribution in [2.75, 3.05) is 19.7 Å². The van der Waals surface area contributed by atoms with Crippen LogP contribution in [0.15, 0.2) is 48.5 Å². The van der Waals surface area contributed by atoms with Crippen LogP contribution in [0.25, 0.3) is 0 Å². The Morgan fingerprint density at radius 3 is 2.79 bits per heavy atom. The van der Waals surface area contributed by atoms with Gasteiger partial charge >= 0.3 is 0 Å². The monoisotopic (exact) mass is 322 g/mol. The third-order valence-electron chi connectivity index (χ3n) is 5.51. The van der Waals surface area contributed by atoms with Crippen LogP contribution in [-0.2, 0) is 13.0 Å². The Kier molecular flexibility index (Phi) is 4.54. The summed E-state index contributed by atoms with van der Waals surface area (Å²) < 4.78 is 5.77. The van der Waals surface area contributed by atoms with Crippen molar-refractivity contribution in [3.05, 3.63) is 65.2 Å². The first kappa shape index (κ1) is 15.7. The number of benzene rings is 2. The summed E-state index contributed by atoms with van der Waals surface area (Å²) >= 11 is 0. The minimum Gasteiger partial charge on any atom is -0.493 e.